The van der Waals surface area contributed by atoms with Crippen molar-refractivity contribution in [3.63, 3.8) is 0 Å². The monoisotopic (exact) mass is 256 g/mol. The molecule has 0 amide bonds. The number of hydrogen-bond acceptors (Lipinski definition) is 1. The van der Waals surface area contributed by atoms with Gasteiger partial charge in [-0.1, -0.05) is 18.2 Å². The van der Waals surface area contributed by atoms with E-state index >= 15 is 0 Å². The maximum Gasteiger partial charge on any atom is 0.115 e. The van der Waals surface area contributed by atoms with Gasteiger partial charge in [0, 0.05) is 0 Å². The second-order valence-corrected chi connectivity index (χ2v) is 6.43. The number of fused-ring (bicyclic) bond motifs is 1. The van der Waals surface area contributed by atoms with Gasteiger partial charge in [-0.15, -0.1) is 6.58 Å². The summed E-state index contributed by atoms with van der Waals surface area (Å²) in [6.45, 7) is 3.97. The molecule has 0 aromatic heterocycles. The Balaban J connectivity index is 1.66. The summed E-state index contributed by atoms with van der Waals surface area (Å²) >= 11 is 0. The van der Waals surface area contributed by atoms with Gasteiger partial charge in [-0.3, -0.25) is 0 Å². The molecule has 0 spiro atoms. The van der Waals surface area contributed by atoms with Gasteiger partial charge in [0.05, 0.1) is 0 Å². The Hall–Kier alpha value is -1.24. The van der Waals surface area contributed by atoms with Gasteiger partial charge in [0.25, 0.3) is 0 Å². The Labute approximate surface area is 116 Å². The van der Waals surface area contributed by atoms with Crippen LogP contribution in [-0.2, 0) is 0 Å². The predicted octanol–water partition coefficient (Wildman–Crippen LogP) is 4.88. The molecule has 2 aliphatic carbocycles. The SMILES string of the molecule is C=CC1CCC2CC(c3ccc(O)cc3)CCC2C1. The van der Waals surface area contributed by atoms with E-state index in [9.17, 15) is 5.11 Å². The minimum atomic E-state index is 0.379. The van der Waals surface area contributed by atoms with E-state index in [-0.39, 0.29) is 0 Å². The van der Waals surface area contributed by atoms with Crippen molar-refractivity contribution in [2.24, 2.45) is 17.8 Å². The quantitative estimate of drug-likeness (QED) is 0.748. The Morgan fingerprint density at radius 1 is 0.947 bits per heavy atom. The van der Waals surface area contributed by atoms with E-state index in [2.05, 4.69) is 24.8 Å². The lowest BCUT2D eigenvalue weighted by Crippen LogP contribution is -2.29. The standard InChI is InChI=1S/C18H24O/c1-2-13-3-4-17-12-16(6-5-15(17)11-13)14-7-9-18(19)10-8-14/h2,7-10,13,15-17,19H,1,3-6,11-12H2. The molecule has 19 heavy (non-hydrogen) atoms. The lowest BCUT2D eigenvalue weighted by atomic mass is 9.64. The van der Waals surface area contributed by atoms with Crippen LogP contribution in [0.4, 0.5) is 0 Å². The molecule has 2 saturated carbocycles. The minimum absolute atomic E-state index is 0.379. The number of benzene rings is 1. The summed E-state index contributed by atoms with van der Waals surface area (Å²) in [6, 6.07) is 7.87. The number of phenols is 1. The first-order chi connectivity index (χ1) is 9.26. The van der Waals surface area contributed by atoms with Crippen molar-refractivity contribution >= 4 is 0 Å². The van der Waals surface area contributed by atoms with Crippen molar-refractivity contribution in [2.75, 3.05) is 0 Å². The Kier molecular flexibility index (Phi) is 3.63. The zero-order valence-electron chi connectivity index (χ0n) is 11.6. The molecule has 0 aliphatic heterocycles. The smallest absolute Gasteiger partial charge is 0.115 e. The molecule has 3 rings (SSSR count). The molecule has 1 aromatic rings. The van der Waals surface area contributed by atoms with Crippen LogP contribution >= 0.6 is 0 Å². The van der Waals surface area contributed by atoms with Crippen molar-refractivity contribution < 1.29 is 5.11 Å². The van der Waals surface area contributed by atoms with Crippen LogP contribution in [0.15, 0.2) is 36.9 Å². The highest BCUT2D eigenvalue weighted by Crippen LogP contribution is 2.47. The highest BCUT2D eigenvalue weighted by atomic mass is 16.3. The number of allylic oxidation sites excluding steroid dienone is 1. The fourth-order valence-corrected chi connectivity index (χ4v) is 4.19. The van der Waals surface area contributed by atoms with Crippen LogP contribution < -0.4 is 0 Å². The number of hydrogen-bond donors (Lipinski definition) is 1. The maximum atomic E-state index is 9.39. The lowest BCUT2D eigenvalue weighted by Gasteiger charge is -2.41. The van der Waals surface area contributed by atoms with E-state index in [1.807, 2.05) is 12.1 Å². The van der Waals surface area contributed by atoms with E-state index in [0.29, 0.717) is 11.7 Å². The fourth-order valence-electron chi connectivity index (χ4n) is 4.19. The normalized spacial score (nSPS) is 34.5. The molecule has 102 valence electrons. The van der Waals surface area contributed by atoms with Gasteiger partial charge in [-0.25, -0.2) is 0 Å². The van der Waals surface area contributed by atoms with Crippen LogP contribution in [0.3, 0.4) is 0 Å². The molecule has 4 unspecified atom stereocenters. The third-order valence-corrected chi connectivity index (χ3v) is 5.35. The average Bonchev–Trinajstić information content (AvgIpc) is 2.47. The van der Waals surface area contributed by atoms with Crippen molar-refractivity contribution in [1.29, 1.82) is 0 Å². The molecule has 0 radical (unpaired) electrons. The van der Waals surface area contributed by atoms with Crippen LogP contribution in [0.5, 0.6) is 5.75 Å². The first kappa shape index (κ1) is 12.8. The van der Waals surface area contributed by atoms with E-state index in [1.54, 1.807) is 0 Å². The van der Waals surface area contributed by atoms with Crippen LogP contribution in [0.1, 0.15) is 50.0 Å². The van der Waals surface area contributed by atoms with Gasteiger partial charge in [0.15, 0.2) is 0 Å². The molecule has 0 heterocycles. The molecule has 0 saturated heterocycles. The molecule has 2 aliphatic rings. The lowest BCUT2D eigenvalue weighted by molar-refractivity contribution is 0.133. The Morgan fingerprint density at radius 2 is 1.63 bits per heavy atom. The molecule has 1 N–H and O–H groups in total. The Bertz CT molecular complexity index is 434. The summed E-state index contributed by atoms with van der Waals surface area (Å²) in [5.74, 6) is 3.71. The molecule has 0 bridgehead atoms. The third-order valence-electron chi connectivity index (χ3n) is 5.35. The first-order valence-electron chi connectivity index (χ1n) is 7.67. The average molecular weight is 256 g/mol. The molecule has 1 heteroatoms. The van der Waals surface area contributed by atoms with Crippen molar-refractivity contribution in [2.45, 2.75) is 44.4 Å². The second kappa shape index (κ2) is 5.40. The number of aromatic hydroxyl groups is 1. The highest BCUT2D eigenvalue weighted by Gasteiger charge is 2.35. The van der Waals surface area contributed by atoms with Crippen LogP contribution in [0, 0.1) is 17.8 Å². The van der Waals surface area contributed by atoms with Crippen LogP contribution in [0.2, 0.25) is 0 Å². The predicted molar refractivity (Wildman–Crippen MR) is 79.2 cm³/mol. The summed E-state index contributed by atoms with van der Waals surface area (Å²) in [5.41, 5.74) is 1.42. The zero-order chi connectivity index (χ0) is 13.2. The molecule has 1 aromatic carbocycles. The Morgan fingerprint density at radius 3 is 2.37 bits per heavy atom. The largest absolute Gasteiger partial charge is 0.508 e. The molecule has 2 fully saturated rings. The summed E-state index contributed by atoms with van der Waals surface area (Å²) in [5, 5.41) is 9.39. The van der Waals surface area contributed by atoms with Gasteiger partial charge in [-0.05, 0) is 79.9 Å². The van der Waals surface area contributed by atoms with Gasteiger partial charge < -0.3 is 5.11 Å². The summed E-state index contributed by atoms with van der Waals surface area (Å²) in [7, 11) is 0. The van der Waals surface area contributed by atoms with E-state index in [0.717, 1.165) is 17.8 Å². The van der Waals surface area contributed by atoms with Gasteiger partial charge >= 0.3 is 0 Å². The minimum Gasteiger partial charge on any atom is -0.508 e. The van der Waals surface area contributed by atoms with E-state index in [1.165, 1.54) is 44.1 Å². The molecular formula is C18H24O. The fraction of sp³-hybridized carbons (Fsp3) is 0.556. The summed E-state index contributed by atoms with van der Waals surface area (Å²) in [6.07, 6.45) is 10.3. The van der Waals surface area contributed by atoms with Gasteiger partial charge in [0.2, 0.25) is 0 Å². The molecular weight excluding hydrogens is 232 g/mol. The number of phenolic OH excluding ortho intramolecular Hbond substituents is 1. The zero-order valence-corrected chi connectivity index (χ0v) is 11.6. The molecule has 4 atom stereocenters. The van der Waals surface area contributed by atoms with Gasteiger partial charge in [-0.2, -0.15) is 0 Å². The van der Waals surface area contributed by atoms with Crippen molar-refractivity contribution in [3.8, 4) is 5.75 Å². The maximum absolute atomic E-state index is 9.39. The van der Waals surface area contributed by atoms with Crippen molar-refractivity contribution in [1.82, 2.24) is 0 Å². The third kappa shape index (κ3) is 2.70. The topological polar surface area (TPSA) is 20.2 Å². The van der Waals surface area contributed by atoms with Crippen molar-refractivity contribution in [3.05, 3.63) is 42.5 Å². The van der Waals surface area contributed by atoms with Crippen LogP contribution in [0.25, 0.3) is 0 Å². The molecule has 1 nitrogen and oxygen atoms in total. The summed E-state index contributed by atoms with van der Waals surface area (Å²) < 4.78 is 0. The number of rotatable bonds is 2. The first-order valence-corrected chi connectivity index (χ1v) is 7.67. The summed E-state index contributed by atoms with van der Waals surface area (Å²) in [4.78, 5) is 0. The van der Waals surface area contributed by atoms with E-state index < -0.39 is 0 Å². The van der Waals surface area contributed by atoms with Crippen LogP contribution in [-0.4, -0.2) is 5.11 Å². The van der Waals surface area contributed by atoms with E-state index in [4.69, 9.17) is 0 Å². The second-order valence-electron chi connectivity index (χ2n) is 6.43. The van der Waals surface area contributed by atoms with Gasteiger partial charge in [0.1, 0.15) is 5.75 Å². The highest BCUT2D eigenvalue weighted by molar-refractivity contribution is 5.28.